The summed E-state index contributed by atoms with van der Waals surface area (Å²) in [5, 5.41) is 17.8. The van der Waals surface area contributed by atoms with E-state index in [1.165, 1.54) is 0 Å². The molecule has 0 aromatic heterocycles. The third kappa shape index (κ3) is 204. The van der Waals surface area contributed by atoms with Crippen molar-refractivity contribution in [2.45, 2.75) is 13.8 Å². The van der Waals surface area contributed by atoms with Crippen molar-refractivity contribution in [2.75, 3.05) is 0 Å². The molecule has 48 valence electrons. The first-order valence-corrected chi connectivity index (χ1v) is 1.82. The van der Waals surface area contributed by atoms with E-state index in [1.807, 2.05) is 0 Å². The van der Waals surface area contributed by atoms with Crippen molar-refractivity contribution in [2.24, 2.45) is 0 Å². The van der Waals surface area contributed by atoms with E-state index in [-0.39, 0.29) is 94.4 Å². The SMILES string of the molecule is CC(=O)[O-].CC(=O)[O-].[Ba+2].[Sr+2]. The van der Waals surface area contributed by atoms with Crippen LogP contribution in [0.1, 0.15) is 13.8 Å². The summed E-state index contributed by atoms with van der Waals surface area (Å²) in [5.74, 6) is -2.17. The number of carboxylic acid groups (broad SMARTS) is 2. The van der Waals surface area contributed by atoms with Gasteiger partial charge in [-0.3, -0.25) is 0 Å². The molecular formula is C4H6BaO4Sr+2. The fourth-order valence-corrected chi connectivity index (χ4v) is 0. The Bertz CT molecular complexity index is 75.3. The molecule has 0 aliphatic rings. The molecule has 0 radical (unpaired) electrons. The minimum absolute atomic E-state index is 0. The normalized spacial score (nSPS) is 5.00. The maximum absolute atomic E-state index is 8.89. The van der Waals surface area contributed by atoms with Crippen molar-refractivity contribution >= 4 is 106 Å². The van der Waals surface area contributed by atoms with Crippen molar-refractivity contribution in [1.82, 2.24) is 0 Å². The maximum atomic E-state index is 8.89. The van der Waals surface area contributed by atoms with Crippen LogP contribution in [0, 0.1) is 0 Å². The van der Waals surface area contributed by atoms with Gasteiger partial charge in [0.05, 0.1) is 0 Å². The average molecular weight is 343 g/mol. The van der Waals surface area contributed by atoms with Crippen LogP contribution in [0.2, 0.25) is 0 Å². The minimum Gasteiger partial charge on any atom is -0.550 e. The Labute approximate surface area is 137 Å². The zero-order valence-electron chi connectivity index (χ0n) is 6.05. The van der Waals surface area contributed by atoms with Gasteiger partial charge < -0.3 is 19.8 Å². The van der Waals surface area contributed by atoms with Gasteiger partial charge in [-0.2, -0.15) is 0 Å². The molecule has 0 heterocycles. The third-order valence-corrected chi connectivity index (χ3v) is 0. The third-order valence-electron chi connectivity index (χ3n) is 0. The van der Waals surface area contributed by atoms with E-state index in [4.69, 9.17) is 19.8 Å². The van der Waals surface area contributed by atoms with Gasteiger partial charge in [0, 0.05) is 11.9 Å². The van der Waals surface area contributed by atoms with E-state index in [2.05, 4.69) is 0 Å². The molecule has 4 nitrogen and oxygen atoms in total. The zero-order valence-corrected chi connectivity index (χ0v) is 14.0. The Morgan fingerprint density at radius 3 is 1.00 bits per heavy atom. The molecule has 0 aromatic carbocycles. The summed E-state index contributed by atoms with van der Waals surface area (Å²) in [6.07, 6.45) is 0. The Hall–Kier alpha value is 1.99. The Morgan fingerprint density at radius 1 is 1.00 bits per heavy atom. The maximum Gasteiger partial charge on any atom is 2.00 e. The van der Waals surface area contributed by atoms with Crippen LogP contribution in [0.4, 0.5) is 0 Å². The smallest absolute Gasteiger partial charge is 0.550 e. The minimum atomic E-state index is -1.08. The van der Waals surface area contributed by atoms with E-state index in [9.17, 15) is 0 Å². The molecule has 6 heteroatoms. The summed E-state index contributed by atoms with van der Waals surface area (Å²) < 4.78 is 0. The summed E-state index contributed by atoms with van der Waals surface area (Å²) >= 11 is 0. The van der Waals surface area contributed by atoms with Crippen LogP contribution < -0.4 is 10.2 Å². The topological polar surface area (TPSA) is 80.3 Å². The second-order valence-electron chi connectivity index (χ2n) is 0.983. The van der Waals surface area contributed by atoms with Crippen LogP contribution in [0.25, 0.3) is 0 Å². The monoisotopic (exact) mass is 344 g/mol. The molecule has 0 fully saturated rings. The zero-order chi connectivity index (χ0) is 7.15. The van der Waals surface area contributed by atoms with Gasteiger partial charge in [0.2, 0.25) is 0 Å². The second-order valence-corrected chi connectivity index (χ2v) is 0.983. The van der Waals surface area contributed by atoms with Gasteiger partial charge in [0.15, 0.2) is 0 Å². The number of carbonyl (C=O) groups excluding carboxylic acids is 2. The van der Waals surface area contributed by atoms with Crippen LogP contribution >= 0.6 is 0 Å². The van der Waals surface area contributed by atoms with Gasteiger partial charge in [-0.25, -0.2) is 0 Å². The molecule has 0 aromatic rings. The summed E-state index contributed by atoms with van der Waals surface area (Å²) in [7, 11) is 0. The van der Waals surface area contributed by atoms with Crippen LogP contribution in [-0.4, -0.2) is 106 Å². The number of hydrogen-bond donors (Lipinski definition) is 0. The molecule has 0 saturated carbocycles. The molecular weight excluding hydrogens is 337 g/mol. The predicted molar refractivity (Wildman–Crippen MR) is 32.9 cm³/mol. The summed E-state index contributed by atoms with van der Waals surface area (Å²) in [4.78, 5) is 17.8. The van der Waals surface area contributed by atoms with E-state index in [0.717, 1.165) is 13.8 Å². The van der Waals surface area contributed by atoms with Crippen LogP contribution in [0.3, 0.4) is 0 Å². The number of rotatable bonds is 0. The van der Waals surface area contributed by atoms with E-state index in [1.54, 1.807) is 0 Å². The second kappa shape index (κ2) is 17.2. The number of hydrogen-bond acceptors (Lipinski definition) is 4. The molecule has 0 rings (SSSR count). The molecule has 10 heavy (non-hydrogen) atoms. The fraction of sp³-hybridized carbons (Fsp3) is 0.500. The van der Waals surface area contributed by atoms with Crippen molar-refractivity contribution in [3.8, 4) is 0 Å². The summed E-state index contributed by atoms with van der Waals surface area (Å²) in [5.41, 5.74) is 0. The molecule has 0 unspecified atom stereocenters. The first-order valence-electron chi connectivity index (χ1n) is 1.82. The molecule has 0 spiro atoms. The van der Waals surface area contributed by atoms with E-state index >= 15 is 0 Å². The number of carbonyl (C=O) groups is 2. The molecule has 0 amide bonds. The first kappa shape index (κ1) is 22.7. The summed E-state index contributed by atoms with van der Waals surface area (Å²) in [6.45, 7) is 1.94. The van der Waals surface area contributed by atoms with Gasteiger partial charge in [0.1, 0.15) is 0 Å². The number of carboxylic acids is 2. The van der Waals surface area contributed by atoms with Crippen molar-refractivity contribution in [3.05, 3.63) is 0 Å². The van der Waals surface area contributed by atoms with Gasteiger partial charge >= 0.3 is 94.4 Å². The number of aliphatic carboxylic acids is 2. The van der Waals surface area contributed by atoms with Gasteiger partial charge in [-0.1, -0.05) is 0 Å². The molecule has 0 aliphatic carbocycles. The quantitative estimate of drug-likeness (QED) is 0.433. The average Bonchev–Trinajstić information content (AvgIpc) is 1.25. The van der Waals surface area contributed by atoms with Gasteiger partial charge in [-0.05, 0) is 13.8 Å². The fourth-order valence-electron chi connectivity index (χ4n) is 0. The predicted octanol–water partition coefficient (Wildman–Crippen LogP) is -3.25. The van der Waals surface area contributed by atoms with Crippen LogP contribution in [0.15, 0.2) is 0 Å². The molecule has 0 N–H and O–H groups in total. The van der Waals surface area contributed by atoms with Crippen molar-refractivity contribution < 1.29 is 19.8 Å². The van der Waals surface area contributed by atoms with E-state index in [0.29, 0.717) is 0 Å². The molecule has 0 saturated heterocycles. The van der Waals surface area contributed by atoms with Gasteiger partial charge in [-0.15, -0.1) is 0 Å². The molecule has 0 atom stereocenters. The Morgan fingerprint density at radius 2 is 1.00 bits per heavy atom. The first-order chi connectivity index (χ1) is 3.46. The van der Waals surface area contributed by atoms with Crippen molar-refractivity contribution in [1.29, 1.82) is 0 Å². The van der Waals surface area contributed by atoms with E-state index < -0.39 is 11.9 Å². The Kier molecular flexibility index (Phi) is 39.0. The Balaban J connectivity index is -0.0000000300. The summed E-state index contributed by atoms with van der Waals surface area (Å²) in [6, 6.07) is 0. The standard InChI is InChI=1S/2C2H4O2.Ba.Sr/c2*1-2(3)4;;/h2*1H3,(H,3,4);;/q;;2*+2/p-2. The van der Waals surface area contributed by atoms with Crippen LogP contribution in [-0.2, 0) is 9.59 Å². The molecule has 0 aliphatic heterocycles. The largest absolute Gasteiger partial charge is 2.00 e. The van der Waals surface area contributed by atoms with Gasteiger partial charge in [0.25, 0.3) is 0 Å². The van der Waals surface area contributed by atoms with Crippen molar-refractivity contribution in [3.63, 3.8) is 0 Å². The van der Waals surface area contributed by atoms with Crippen LogP contribution in [0.5, 0.6) is 0 Å². The molecule has 0 bridgehead atoms.